The van der Waals surface area contributed by atoms with Crippen molar-refractivity contribution in [3.63, 3.8) is 0 Å². The SMILES string of the molecule is O=C(COC1CCCO1)COC1CCCO1. The van der Waals surface area contributed by atoms with Crippen LogP contribution in [0, 0.1) is 0 Å². The van der Waals surface area contributed by atoms with Crippen molar-refractivity contribution in [3.8, 4) is 0 Å². The highest BCUT2D eigenvalue weighted by Gasteiger charge is 2.19. The van der Waals surface area contributed by atoms with Gasteiger partial charge in [0.1, 0.15) is 13.2 Å². The Morgan fingerprint density at radius 2 is 1.50 bits per heavy atom. The number of hydrogen-bond donors (Lipinski definition) is 0. The number of hydrogen-bond acceptors (Lipinski definition) is 5. The van der Waals surface area contributed by atoms with Crippen LogP contribution >= 0.6 is 0 Å². The molecular weight excluding hydrogens is 212 g/mol. The van der Waals surface area contributed by atoms with E-state index in [9.17, 15) is 4.79 Å². The van der Waals surface area contributed by atoms with Crippen LogP contribution in [0.3, 0.4) is 0 Å². The van der Waals surface area contributed by atoms with Crippen LogP contribution in [0.1, 0.15) is 25.7 Å². The van der Waals surface area contributed by atoms with E-state index in [2.05, 4.69) is 0 Å². The highest BCUT2D eigenvalue weighted by molar-refractivity contribution is 5.80. The summed E-state index contributed by atoms with van der Waals surface area (Å²) in [7, 11) is 0. The fourth-order valence-electron chi connectivity index (χ4n) is 1.77. The summed E-state index contributed by atoms with van der Waals surface area (Å²) in [5, 5.41) is 0. The molecule has 2 aliphatic rings. The third-order valence-electron chi connectivity index (χ3n) is 2.64. The average Bonchev–Trinajstić information content (AvgIpc) is 2.96. The normalized spacial score (nSPS) is 29.8. The predicted molar refractivity (Wildman–Crippen MR) is 54.9 cm³/mol. The lowest BCUT2D eigenvalue weighted by Crippen LogP contribution is -2.23. The van der Waals surface area contributed by atoms with Crippen molar-refractivity contribution in [3.05, 3.63) is 0 Å². The molecule has 0 aromatic rings. The molecule has 2 fully saturated rings. The summed E-state index contributed by atoms with van der Waals surface area (Å²) >= 11 is 0. The van der Waals surface area contributed by atoms with Gasteiger partial charge in [-0.3, -0.25) is 4.79 Å². The van der Waals surface area contributed by atoms with E-state index in [4.69, 9.17) is 18.9 Å². The van der Waals surface area contributed by atoms with Gasteiger partial charge in [0.05, 0.1) is 0 Å². The molecule has 0 spiro atoms. The zero-order valence-electron chi connectivity index (χ0n) is 9.35. The molecule has 5 nitrogen and oxygen atoms in total. The minimum absolute atomic E-state index is 0.0639. The van der Waals surface area contributed by atoms with Gasteiger partial charge >= 0.3 is 0 Å². The highest BCUT2D eigenvalue weighted by Crippen LogP contribution is 2.14. The van der Waals surface area contributed by atoms with Crippen molar-refractivity contribution in [2.75, 3.05) is 26.4 Å². The molecule has 2 saturated heterocycles. The lowest BCUT2D eigenvalue weighted by molar-refractivity contribution is -0.157. The van der Waals surface area contributed by atoms with Crippen LogP contribution in [0.25, 0.3) is 0 Å². The van der Waals surface area contributed by atoms with E-state index >= 15 is 0 Å². The first-order valence-electron chi connectivity index (χ1n) is 5.83. The fourth-order valence-corrected chi connectivity index (χ4v) is 1.77. The quantitative estimate of drug-likeness (QED) is 0.677. The van der Waals surface area contributed by atoms with Gasteiger partial charge in [-0.1, -0.05) is 0 Å². The molecule has 0 aromatic carbocycles. The maximum Gasteiger partial charge on any atom is 0.184 e. The van der Waals surface area contributed by atoms with E-state index in [1.165, 1.54) is 0 Å². The van der Waals surface area contributed by atoms with Crippen molar-refractivity contribution in [1.82, 2.24) is 0 Å². The molecule has 0 bridgehead atoms. The minimum atomic E-state index is -0.202. The van der Waals surface area contributed by atoms with Gasteiger partial charge in [-0.15, -0.1) is 0 Å². The van der Waals surface area contributed by atoms with Gasteiger partial charge in [0, 0.05) is 26.1 Å². The lowest BCUT2D eigenvalue weighted by atomic mass is 10.3. The molecule has 2 atom stereocenters. The summed E-state index contributed by atoms with van der Waals surface area (Å²) in [6.45, 7) is 1.59. The van der Waals surface area contributed by atoms with Crippen LogP contribution in [0.4, 0.5) is 0 Å². The first-order valence-corrected chi connectivity index (χ1v) is 5.83. The Morgan fingerprint density at radius 3 is 1.88 bits per heavy atom. The van der Waals surface area contributed by atoms with Crippen molar-refractivity contribution in [1.29, 1.82) is 0 Å². The van der Waals surface area contributed by atoms with Crippen molar-refractivity contribution in [2.24, 2.45) is 0 Å². The number of rotatable bonds is 6. The summed E-state index contributed by atoms with van der Waals surface area (Å²) in [6, 6.07) is 0. The lowest BCUT2D eigenvalue weighted by Gasteiger charge is -2.12. The Morgan fingerprint density at radius 1 is 1.00 bits per heavy atom. The van der Waals surface area contributed by atoms with Gasteiger partial charge < -0.3 is 18.9 Å². The first-order chi connectivity index (χ1) is 7.84. The summed E-state index contributed by atoms with van der Waals surface area (Å²) in [5.41, 5.74) is 0. The largest absolute Gasteiger partial charge is 0.353 e. The zero-order valence-corrected chi connectivity index (χ0v) is 9.35. The third kappa shape index (κ3) is 3.83. The third-order valence-corrected chi connectivity index (χ3v) is 2.64. The predicted octanol–water partition coefficient (Wildman–Crippen LogP) is 0.862. The van der Waals surface area contributed by atoms with Gasteiger partial charge in [0.25, 0.3) is 0 Å². The van der Waals surface area contributed by atoms with Crippen molar-refractivity contribution < 1.29 is 23.7 Å². The second-order valence-corrected chi connectivity index (χ2v) is 4.05. The Bertz CT molecular complexity index is 196. The number of ether oxygens (including phenoxy) is 4. The molecule has 0 aliphatic carbocycles. The van der Waals surface area contributed by atoms with E-state index < -0.39 is 0 Å². The summed E-state index contributed by atoms with van der Waals surface area (Å²) < 4.78 is 21.1. The zero-order chi connectivity index (χ0) is 11.2. The smallest absolute Gasteiger partial charge is 0.184 e. The Kier molecular flexibility index (Phi) is 4.71. The summed E-state index contributed by atoms with van der Waals surface area (Å²) in [4.78, 5) is 11.4. The van der Waals surface area contributed by atoms with Crippen LogP contribution in [0.5, 0.6) is 0 Å². The summed E-state index contributed by atoms with van der Waals surface area (Å²) in [6.07, 6.45) is 3.36. The maximum atomic E-state index is 11.4. The Balaban J connectivity index is 1.53. The van der Waals surface area contributed by atoms with Crippen LogP contribution in [-0.2, 0) is 23.7 Å². The van der Waals surface area contributed by atoms with Crippen molar-refractivity contribution in [2.45, 2.75) is 38.3 Å². The molecule has 0 N–H and O–H groups in total. The molecular formula is C11H18O5. The molecule has 2 unspecified atom stereocenters. The van der Waals surface area contributed by atoms with Gasteiger partial charge in [0.2, 0.25) is 0 Å². The Hall–Kier alpha value is -0.490. The molecule has 0 aromatic heterocycles. The Labute approximate surface area is 95.0 Å². The number of ketones is 1. The van der Waals surface area contributed by atoms with E-state index in [-0.39, 0.29) is 31.6 Å². The molecule has 2 aliphatic heterocycles. The first kappa shape index (κ1) is 12.0. The van der Waals surface area contributed by atoms with E-state index in [0.717, 1.165) is 38.9 Å². The minimum Gasteiger partial charge on any atom is -0.353 e. The second kappa shape index (κ2) is 6.30. The topological polar surface area (TPSA) is 54.0 Å². The highest BCUT2D eigenvalue weighted by atomic mass is 16.7. The molecule has 0 amide bonds. The molecule has 16 heavy (non-hydrogen) atoms. The van der Waals surface area contributed by atoms with Gasteiger partial charge in [-0.05, 0) is 12.8 Å². The average molecular weight is 230 g/mol. The van der Waals surface area contributed by atoms with E-state index in [0.29, 0.717) is 0 Å². The van der Waals surface area contributed by atoms with Crippen LogP contribution in [0.2, 0.25) is 0 Å². The monoisotopic (exact) mass is 230 g/mol. The number of Topliss-reactive ketones (excluding diaryl/α,β-unsaturated/α-hetero) is 1. The number of carbonyl (C=O) groups excluding carboxylic acids is 1. The fraction of sp³-hybridized carbons (Fsp3) is 0.909. The van der Waals surface area contributed by atoms with Crippen molar-refractivity contribution >= 4 is 5.78 Å². The van der Waals surface area contributed by atoms with Gasteiger partial charge in [0.15, 0.2) is 18.4 Å². The van der Waals surface area contributed by atoms with Gasteiger partial charge in [-0.2, -0.15) is 0 Å². The molecule has 5 heteroatoms. The molecule has 0 saturated carbocycles. The van der Waals surface area contributed by atoms with Crippen LogP contribution in [0.15, 0.2) is 0 Å². The molecule has 0 radical (unpaired) electrons. The molecule has 92 valence electrons. The molecule has 2 rings (SSSR count). The van der Waals surface area contributed by atoms with E-state index in [1.54, 1.807) is 0 Å². The maximum absolute atomic E-state index is 11.4. The standard InChI is InChI=1S/C11H18O5/c12-9(7-15-10-3-1-5-13-10)8-16-11-4-2-6-14-11/h10-11H,1-8H2. The van der Waals surface area contributed by atoms with Gasteiger partial charge in [-0.25, -0.2) is 0 Å². The van der Waals surface area contributed by atoms with Crippen LogP contribution in [-0.4, -0.2) is 44.8 Å². The summed E-state index contributed by atoms with van der Waals surface area (Å²) in [5.74, 6) is -0.0639. The van der Waals surface area contributed by atoms with E-state index in [1.807, 2.05) is 0 Å². The number of carbonyl (C=O) groups is 1. The molecule has 2 heterocycles. The van der Waals surface area contributed by atoms with Crippen LogP contribution < -0.4 is 0 Å². The second-order valence-electron chi connectivity index (χ2n) is 4.05.